The van der Waals surface area contributed by atoms with E-state index in [2.05, 4.69) is 0 Å². The van der Waals surface area contributed by atoms with Crippen LogP contribution in [-0.2, 0) is 16.0 Å². The Morgan fingerprint density at radius 2 is 2.12 bits per heavy atom. The van der Waals surface area contributed by atoms with Crippen LogP contribution in [0.5, 0.6) is 5.75 Å². The summed E-state index contributed by atoms with van der Waals surface area (Å²) in [4.78, 5) is 22.9. The van der Waals surface area contributed by atoms with Gasteiger partial charge in [-0.05, 0) is 24.6 Å². The van der Waals surface area contributed by atoms with Gasteiger partial charge in [-0.15, -0.1) is 11.6 Å². The van der Waals surface area contributed by atoms with Gasteiger partial charge in [0.15, 0.2) is 5.78 Å². The van der Waals surface area contributed by atoms with Crippen molar-refractivity contribution in [2.75, 3.05) is 12.5 Å². The molecular formula is C12H13ClO4. The molecular weight excluding hydrogens is 244 g/mol. The average molecular weight is 257 g/mol. The highest BCUT2D eigenvalue weighted by molar-refractivity contribution is 6.27. The number of ketones is 1. The van der Waals surface area contributed by atoms with Crippen LogP contribution >= 0.6 is 11.6 Å². The van der Waals surface area contributed by atoms with E-state index < -0.39 is 5.97 Å². The molecule has 0 atom stereocenters. The number of phenols is 1. The molecule has 5 heteroatoms. The number of phenolic OH excluding ortho intramolecular Hbond substituents is 1. The quantitative estimate of drug-likeness (QED) is 0.646. The van der Waals surface area contributed by atoms with E-state index >= 15 is 0 Å². The van der Waals surface area contributed by atoms with Crippen LogP contribution in [-0.4, -0.2) is 29.3 Å². The Kier molecular flexibility index (Phi) is 4.97. The first kappa shape index (κ1) is 13.5. The van der Waals surface area contributed by atoms with E-state index in [-0.39, 0.29) is 36.0 Å². The number of rotatable bonds is 5. The fourth-order valence-corrected chi connectivity index (χ4v) is 1.47. The first-order valence-corrected chi connectivity index (χ1v) is 5.68. The van der Waals surface area contributed by atoms with Crippen molar-refractivity contribution in [1.82, 2.24) is 0 Å². The minimum Gasteiger partial charge on any atom is -0.508 e. The molecule has 1 rings (SSSR count). The molecule has 0 aliphatic heterocycles. The van der Waals surface area contributed by atoms with Gasteiger partial charge in [0.1, 0.15) is 5.75 Å². The summed E-state index contributed by atoms with van der Waals surface area (Å²) in [5.41, 5.74) is 0.706. The van der Waals surface area contributed by atoms with Gasteiger partial charge in [-0.3, -0.25) is 4.79 Å². The summed E-state index contributed by atoms with van der Waals surface area (Å²) in [5.74, 6) is -0.901. The van der Waals surface area contributed by atoms with Crippen molar-refractivity contribution >= 4 is 23.4 Å². The number of alkyl halides is 1. The summed E-state index contributed by atoms with van der Waals surface area (Å²) in [6.45, 7) is 1.92. The molecule has 0 spiro atoms. The van der Waals surface area contributed by atoms with E-state index in [0.717, 1.165) is 0 Å². The molecule has 0 aliphatic rings. The molecule has 92 valence electrons. The molecule has 0 fully saturated rings. The standard InChI is InChI=1S/C12H13ClO4/c1-2-17-12(16)11-6-9(14)4-3-8(11)5-10(15)7-13/h3-4,6,14H,2,5,7H2,1H3. The van der Waals surface area contributed by atoms with Crippen molar-refractivity contribution in [3.63, 3.8) is 0 Å². The Morgan fingerprint density at radius 3 is 2.71 bits per heavy atom. The number of ether oxygens (including phenoxy) is 1. The minimum absolute atomic E-state index is 0.0462. The summed E-state index contributed by atoms with van der Waals surface area (Å²) < 4.78 is 4.84. The van der Waals surface area contributed by atoms with E-state index in [1.54, 1.807) is 6.92 Å². The van der Waals surface area contributed by atoms with Crippen LogP contribution in [0.4, 0.5) is 0 Å². The summed E-state index contributed by atoms with van der Waals surface area (Å²) >= 11 is 5.41. The van der Waals surface area contributed by atoms with Crippen molar-refractivity contribution in [1.29, 1.82) is 0 Å². The van der Waals surface area contributed by atoms with Crippen LogP contribution < -0.4 is 0 Å². The first-order chi connectivity index (χ1) is 8.08. The van der Waals surface area contributed by atoms with Crippen LogP contribution in [0.2, 0.25) is 0 Å². The lowest BCUT2D eigenvalue weighted by molar-refractivity contribution is -0.116. The Labute approximate surface area is 104 Å². The van der Waals surface area contributed by atoms with Gasteiger partial charge < -0.3 is 9.84 Å². The van der Waals surface area contributed by atoms with Crippen LogP contribution in [0.15, 0.2) is 18.2 Å². The average Bonchev–Trinajstić information content (AvgIpc) is 2.31. The zero-order valence-electron chi connectivity index (χ0n) is 9.40. The van der Waals surface area contributed by atoms with Crippen LogP contribution in [0, 0.1) is 0 Å². The van der Waals surface area contributed by atoms with E-state index in [1.165, 1.54) is 18.2 Å². The molecule has 0 aliphatic carbocycles. The third-order valence-electron chi connectivity index (χ3n) is 2.13. The molecule has 0 unspecified atom stereocenters. The molecule has 4 nitrogen and oxygen atoms in total. The number of hydrogen-bond acceptors (Lipinski definition) is 4. The highest BCUT2D eigenvalue weighted by Gasteiger charge is 2.15. The second-order valence-electron chi connectivity index (χ2n) is 3.41. The fourth-order valence-electron chi connectivity index (χ4n) is 1.38. The van der Waals surface area contributed by atoms with E-state index in [9.17, 15) is 14.7 Å². The van der Waals surface area contributed by atoms with Gasteiger partial charge in [-0.2, -0.15) is 0 Å². The maximum Gasteiger partial charge on any atom is 0.338 e. The lowest BCUT2D eigenvalue weighted by Crippen LogP contribution is -2.12. The molecule has 0 bridgehead atoms. The smallest absolute Gasteiger partial charge is 0.338 e. The van der Waals surface area contributed by atoms with Gasteiger partial charge in [-0.25, -0.2) is 4.79 Å². The van der Waals surface area contributed by atoms with Gasteiger partial charge in [-0.1, -0.05) is 6.07 Å². The first-order valence-electron chi connectivity index (χ1n) is 5.15. The number of hydrogen-bond donors (Lipinski definition) is 1. The SMILES string of the molecule is CCOC(=O)c1cc(O)ccc1CC(=O)CCl. The molecule has 1 aromatic carbocycles. The predicted octanol–water partition coefficient (Wildman–Crippen LogP) is 1.92. The molecule has 0 radical (unpaired) electrons. The second kappa shape index (κ2) is 6.25. The maximum absolute atomic E-state index is 11.6. The number of aromatic hydroxyl groups is 1. The fraction of sp³-hybridized carbons (Fsp3) is 0.333. The highest BCUT2D eigenvalue weighted by atomic mass is 35.5. The monoisotopic (exact) mass is 256 g/mol. The molecule has 17 heavy (non-hydrogen) atoms. The van der Waals surface area contributed by atoms with Gasteiger partial charge in [0.05, 0.1) is 18.1 Å². The van der Waals surface area contributed by atoms with Crippen molar-refractivity contribution in [3.8, 4) is 5.75 Å². The number of esters is 1. The van der Waals surface area contributed by atoms with Crippen molar-refractivity contribution in [3.05, 3.63) is 29.3 Å². The highest BCUT2D eigenvalue weighted by Crippen LogP contribution is 2.18. The molecule has 0 amide bonds. The maximum atomic E-state index is 11.6. The number of carbonyl (C=O) groups is 2. The normalized spacial score (nSPS) is 10.0. The van der Waals surface area contributed by atoms with Gasteiger partial charge >= 0.3 is 5.97 Å². The molecule has 0 heterocycles. The Morgan fingerprint density at radius 1 is 1.41 bits per heavy atom. The lowest BCUT2D eigenvalue weighted by Gasteiger charge is -2.08. The summed E-state index contributed by atoms with van der Waals surface area (Å²) in [7, 11) is 0. The van der Waals surface area contributed by atoms with Crippen molar-refractivity contribution in [2.45, 2.75) is 13.3 Å². The van der Waals surface area contributed by atoms with Gasteiger partial charge in [0.2, 0.25) is 0 Å². The number of carbonyl (C=O) groups excluding carboxylic acids is 2. The second-order valence-corrected chi connectivity index (χ2v) is 3.68. The zero-order chi connectivity index (χ0) is 12.8. The third-order valence-corrected chi connectivity index (χ3v) is 2.42. The van der Waals surface area contributed by atoms with E-state index in [4.69, 9.17) is 16.3 Å². The number of halogens is 1. The van der Waals surface area contributed by atoms with Crippen LogP contribution in [0.25, 0.3) is 0 Å². The molecule has 1 aromatic rings. The molecule has 0 aromatic heterocycles. The molecule has 0 saturated heterocycles. The zero-order valence-corrected chi connectivity index (χ0v) is 10.2. The van der Waals surface area contributed by atoms with Crippen molar-refractivity contribution < 1.29 is 19.4 Å². The van der Waals surface area contributed by atoms with Gasteiger partial charge in [0, 0.05) is 6.42 Å². The summed E-state index contributed by atoms with van der Waals surface area (Å²) in [5, 5.41) is 9.33. The Bertz CT molecular complexity index is 429. The van der Waals surface area contributed by atoms with Crippen LogP contribution in [0.1, 0.15) is 22.8 Å². The topological polar surface area (TPSA) is 63.6 Å². The van der Waals surface area contributed by atoms with Gasteiger partial charge in [0.25, 0.3) is 0 Å². The predicted molar refractivity (Wildman–Crippen MR) is 63.5 cm³/mol. The minimum atomic E-state index is -0.555. The molecule has 1 N–H and O–H groups in total. The third kappa shape index (κ3) is 3.75. The van der Waals surface area contributed by atoms with E-state index in [0.29, 0.717) is 5.56 Å². The number of Topliss-reactive ketones (excluding diaryl/α,β-unsaturated/α-hetero) is 1. The number of benzene rings is 1. The summed E-state index contributed by atoms with van der Waals surface area (Å²) in [6, 6.07) is 4.22. The van der Waals surface area contributed by atoms with Crippen LogP contribution in [0.3, 0.4) is 0 Å². The Hall–Kier alpha value is -1.55. The summed E-state index contributed by atoms with van der Waals surface area (Å²) in [6.07, 6.45) is 0.0535. The lowest BCUT2D eigenvalue weighted by atomic mass is 10.0. The largest absolute Gasteiger partial charge is 0.508 e. The molecule has 0 saturated carbocycles. The van der Waals surface area contributed by atoms with E-state index in [1.807, 2.05) is 0 Å². The Balaban J connectivity index is 3.03. The van der Waals surface area contributed by atoms with Crippen molar-refractivity contribution in [2.24, 2.45) is 0 Å².